The lowest BCUT2D eigenvalue weighted by atomic mass is 9.95. The van der Waals surface area contributed by atoms with Crippen LogP contribution in [0.3, 0.4) is 0 Å². The number of hydrogen-bond donors (Lipinski definition) is 1. The van der Waals surface area contributed by atoms with Gasteiger partial charge in [-0.1, -0.05) is 45.0 Å². The summed E-state index contributed by atoms with van der Waals surface area (Å²) >= 11 is 0. The molecule has 0 aromatic heterocycles. The molecule has 0 saturated heterocycles. The summed E-state index contributed by atoms with van der Waals surface area (Å²) in [6.45, 7) is 8.95. The third kappa shape index (κ3) is 5.03. The van der Waals surface area contributed by atoms with Gasteiger partial charge in [0, 0.05) is 6.04 Å². The molecule has 0 spiro atoms. The fraction of sp³-hybridized carbons (Fsp3) is 0.562. The molecule has 1 unspecified atom stereocenters. The van der Waals surface area contributed by atoms with E-state index in [0.29, 0.717) is 12.5 Å². The first-order valence-electron chi connectivity index (χ1n) is 7.06. The highest BCUT2D eigenvalue weighted by Gasteiger charge is 2.16. The third-order valence-electron chi connectivity index (χ3n) is 3.19. The van der Waals surface area contributed by atoms with Crippen molar-refractivity contribution in [3.8, 4) is 0 Å². The van der Waals surface area contributed by atoms with Crippen LogP contribution in [0.1, 0.15) is 44.9 Å². The van der Waals surface area contributed by atoms with Crippen LogP contribution in [0.4, 0.5) is 0 Å². The zero-order valence-corrected chi connectivity index (χ0v) is 12.4. The molecule has 0 fully saturated rings. The third-order valence-corrected chi connectivity index (χ3v) is 3.19. The van der Waals surface area contributed by atoms with E-state index in [0.717, 1.165) is 6.42 Å². The minimum absolute atomic E-state index is 0.176. The minimum Gasteiger partial charge on any atom is -0.465 e. The molecule has 1 aromatic carbocycles. The van der Waals surface area contributed by atoms with Gasteiger partial charge in [-0.25, -0.2) is 0 Å². The second kappa shape index (κ2) is 7.95. The topological polar surface area (TPSA) is 38.3 Å². The van der Waals surface area contributed by atoms with Crippen LogP contribution in [0, 0.1) is 5.92 Å². The Hall–Kier alpha value is -1.35. The SMILES string of the molecule is CCOC(=O)CNC(c1ccc(CC)cc1)C(C)C. The van der Waals surface area contributed by atoms with Crippen molar-refractivity contribution in [3.63, 3.8) is 0 Å². The average molecular weight is 263 g/mol. The van der Waals surface area contributed by atoms with Crippen molar-refractivity contribution >= 4 is 5.97 Å². The van der Waals surface area contributed by atoms with Crippen molar-refractivity contribution in [1.82, 2.24) is 5.32 Å². The van der Waals surface area contributed by atoms with Gasteiger partial charge in [0.05, 0.1) is 13.2 Å². The lowest BCUT2D eigenvalue weighted by Gasteiger charge is -2.22. The van der Waals surface area contributed by atoms with Crippen LogP contribution in [0.5, 0.6) is 0 Å². The van der Waals surface area contributed by atoms with Crippen LogP contribution in [-0.2, 0) is 16.0 Å². The molecule has 0 heterocycles. The fourth-order valence-electron chi connectivity index (χ4n) is 2.10. The summed E-state index contributed by atoms with van der Waals surface area (Å²) in [6.07, 6.45) is 1.04. The Kier molecular flexibility index (Phi) is 6.57. The molecule has 0 aliphatic carbocycles. The largest absolute Gasteiger partial charge is 0.465 e. The van der Waals surface area contributed by atoms with Crippen molar-refractivity contribution < 1.29 is 9.53 Å². The van der Waals surface area contributed by atoms with Crippen molar-refractivity contribution in [1.29, 1.82) is 0 Å². The number of carbonyl (C=O) groups is 1. The van der Waals surface area contributed by atoms with Gasteiger partial charge in [-0.05, 0) is 30.4 Å². The highest BCUT2D eigenvalue weighted by Crippen LogP contribution is 2.22. The number of nitrogens with one attached hydrogen (secondary N) is 1. The van der Waals surface area contributed by atoms with E-state index in [2.05, 4.69) is 50.4 Å². The van der Waals surface area contributed by atoms with E-state index in [-0.39, 0.29) is 18.6 Å². The first kappa shape index (κ1) is 15.7. The Morgan fingerprint density at radius 3 is 2.32 bits per heavy atom. The number of carbonyl (C=O) groups excluding carboxylic acids is 1. The molecule has 1 aromatic rings. The predicted molar refractivity (Wildman–Crippen MR) is 78.0 cm³/mol. The standard InChI is InChI=1S/C16H25NO2/c1-5-13-7-9-14(10-8-13)16(12(3)4)17-11-15(18)19-6-2/h7-10,12,16-17H,5-6,11H2,1-4H3. The lowest BCUT2D eigenvalue weighted by molar-refractivity contribution is -0.142. The fourth-order valence-corrected chi connectivity index (χ4v) is 2.10. The molecule has 3 heteroatoms. The van der Waals surface area contributed by atoms with Gasteiger partial charge < -0.3 is 4.74 Å². The maximum atomic E-state index is 11.4. The average Bonchev–Trinajstić information content (AvgIpc) is 2.39. The van der Waals surface area contributed by atoms with Gasteiger partial charge in [-0.2, -0.15) is 0 Å². The minimum atomic E-state index is -0.196. The van der Waals surface area contributed by atoms with E-state index in [1.165, 1.54) is 11.1 Å². The smallest absolute Gasteiger partial charge is 0.319 e. The van der Waals surface area contributed by atoms with Crippen molar-refractivity contribution in [2.24, 2.45) is 5.92 Å². The summed E-state index contributed by atoms with van der Waals surface area (Å²) in [5.41, 5.74) is 2.55. The number of rotatable bonds is 7. The number of esters is 1. The quantitative estimate of drug-likeness (QED) is 0.768. The second-order valence-corrected chi connectivity index (χ2v) is 5.00. The molecule has 0 aliphatic rings. The van der Waals surface area contributed by atoms with Gasteiger partial charge in [0.1, 0.15) is 0 Å². The maximum Gasteiger partial charge on any atom is 0.319 e. The molecule has 0 saturated carbocycles. The Morgan fingerprint density at radius 2 is 1.84 bits per heavy atom. The van der Waals surface area contributed by atoms with Crippen molar-refractivity contribution in [2.75, 3.05) is 13.2 Å². The van der Waals surface area contributed by atoms with Crippen LogP contribution in [0.15, 0.2) is 24.3 Å². The summed E-state index contributed by atoms with van der Waals surface area (Å²) < 4.78 is 4.94. The van der Waals surface area contributed by atoms with Gasteiger partial charge in [-0.3, -0.25) is 10.1 Å². The first-order valence-corrected chi connectivity index (χ1v) is 7.06. The molecular formula is C16H25NO2. The van der Waals surface area contributed by atoms with E-state index < -0.39 is 0 Å². The number of aryl methyl sites for hydroxylation is 1. The van der Waals surface area contributed by atoms with Crippen LogP contribution in [0.2, 0.25) is 0 Å². The van der Waals surface area contributed by atoms with E-state index in [4.69, 9.17) is 4.74 Å². The normalized spacial score (nSPS) is 12.5. The molecule has 1 rings (SSSR count). The van der Waals surface area contributed by atoms with Crippen LogP contribution >= 0.6 is 0 Å². The highest BCUT2D eigenvalue weighted by molar-refractivity contribution is 5.71. The molecule has 0 aliphatic heterocycles. The molecule has 106 valence electrons. The Labute approximate surface area is 116 Å². The molecule has 1 atom stereocenters. The zero-order chi connectivity index (χ0) is 14.3. The van der Waals surface area contributed by atoms with Gasteiger partial charge in [0.2, 0.25) is 0 Å². The van der Waals surface area contributed by atoms with E-state index >= 15 is 0 Å². The van der Waals surface area contributed by atoms with Gasteiger partial charge in [-0.15, -0.1) is 0 Å². The van der Waals surface area contributed by atoms with E-state index in [9.17, 15) is 4.79 Å². The monoisotopic (exact) mass is 263 g/mol. The van der Waals surface area contributed by atoms with E-state index in [1.54, 1.807) is 0 Å². The molecule has 1 N–H and O–H groups in total. The Morgan fingerprint density at radius 1 is 1.21 bits per heavy atom. The Bertz CT molecular complexity index is 384. The molecule has 3 nitrogen and oxygen atoms in total. The number of hydrogen-bond acceptors (Lipinski definition) is 3. The molecular weight excluding hydrogens is 238 g/mol. The van der Waals surface area contributed by atoms with Gasteiger partial charge >= 0.3 is 5.97 Å². The molecule has 19 heavy (non-hydrogen) atoms. The van der Waals surface area contributed by atoms with Crippen LogP contribution in [-0.4, -0.2) is 19.1 Å². The van der Waals surface area contributed by atoms with Crippen LogP contribution < -0.4 is 5.32 Å². The molecule has 0 bridgehead atoms. The predicted octanol–water partition coefficient (Wildman–Crippen LogP) is 3.10. The first-order chi connectivity index (χ1) is 9.08. The van der Waals surface area contributed by atoms with Crippen LogP contribution in [0.25, 0.3) is 0 Å². The van der Waals surface area contributed by atoms with Gasteiger partial charge in [0.25, 0.3) is 0 Å². The lowest BCUT2D eigenvalue weighted by Crippen LogP contribution is -2.31. The second-order valence-electron chi connectivity index (χ2n) is 5.00. The summed E-state index contributed by atoms with van der Waals surface area (Å²) in [5, 5.41) is 3.28. The number of ether oxygens (including phenoxy) is 1. The summed E-state index contributed by atoms with van der Waals surface area (Å²) in [6, 6.07) is 8.76. The number of benzene rings is 1. The summed E-state index contributed by atoms with van der Waals surface area (Å²) in [7, 11) is 0. The van der Waals surface area contributed by atoms with Crippen molar-refractivity contribution in [3.05, 3.63) is 35.4 Å². The molecule has 0 amide bonds. The highest BCUT2D eigenvalue weighted by atomic mass is 16.5. The van der Waals surface area contributed by atoms with E-state index in [1.807, 2.05) is 6.92 Å². The maximum absolute atomic E-state index is 11.4. The summed E-state index contributed by atoms with van der Waals surface area (Å²) in [5.74, 6) is 0.222. The zero-order valence-electron chi connectivity index (χ0n) is 12.4. The molecule has 0 radical (unpaired) electrons. The van der Waals surface area contributed by atoms with Gasteiger partial charge in [0.15, 0.2) is 0 Å². The summed E-state index contributed by atoms with van der Waals surface area (Å²) in [4.78, 5) is 11.4. The Balaban J connectivity index is 2.68. The van der Waals surface area contributed by atoms with Crippen molar-refractivity contribution in [2.45, 2.75) is 40.2 Å².